The van der Waals surface area contributed by atoms with E-state index in [0.717, 1.165) is 50.5 Å². The lowest BCUT2D eigenvalue weighted by Crippen LogP contribution is -2.30. The van der Waals surface area contributed by atoms with Crippen LogP contribution in [-0.4, -0.2) is 21.2 Å². The third-order valence-corrected chi connectivity index (χ3v) is 4.65. The zero-order chi connectivity index (χ0) is 16.4. The van der Waals surface area contributed by atoms with Gasteiger partial charge in [-0.05, 0) is 24.1 Å². The molecule has 4 nitrogen and oxygen atoms in total. The number of aryl methyl sites for hydroxylation is 1. The first-order valence-corrected chi connectivity index (χ1v) is 8.74. The van der Waals surface area contributed by atoms with Crippen LogP contribution in [0, 0.1) is 0 Å². The minimum absolute atomic E-state index is 0.877. The molecule has 0 atom stereocenters. The van der Waals surface area contributed by atoms with Crippen molar-refractivity contribution in [2.24, 2.45) is 0 Å². The van der Waals surface area contributed by atoms with Crippen LogP contribution in [0.5, 0.6) is 0 Å². The highest BCUT2D eigenvalue weighted by molar-refractivity contribution is 5.59. The Bertz CT molecular complexity index is 790. The summed E-state index contributed by atoms with van der Waals surface area (Å²) in [5.41, 5.74) is 5.09. The maximum Gasteiger partial charge on any atom is 0.154 e. The Hall–Kier alpha value is -2.33. The third-order valence-electron chi connectivity index (χ3n) is 4.65. The molecular weight excluding hydrogens is 298 g/mol. The number of nitrogens with zero attached hydrogens (tertiary/aromatic N) is 3. The molecule has 1 aliphatic rings. The Morgan fingerprint density at radius 2 is 2.00 bits per heavy atom. The van der Waals surface area contributed by atoms with Crippen molar-refractivity contribution in [3.8, 4) is 11.5 Å². The van der Waals surface area contributed by atoms with Crippen LogP contribution in [0.15, 0.2) is 53.1 Å². The summed E-state index contributed by atoms with van der Waals surface area (Å²) in [6.07, 6.45) is 3.88. The van der Waals surface area contributed by atoms with Crippen molar-refractivity contribution in [1.82, 2.24) is 14.7 Å². The average molecular weight is 321 g/mol. The van der Waals surface area contributed by atoms with E-state index in [0.29, 0.717) is 0 Å². The van der Waals surface area contributed by atoms with Crippen LogP contribution >= 0.6 is 0 Å². The van der Waals surface area contributed by atoms with Gasteiger partial charge in [0.1, 0.15) is 5.69 Å². The van der Waals surface area contributed by atoms with Crippen LogP contribution in [0.2, 0.25) is 0 Å². The van der Waals surface area contributed by atoms with Crippen LogP contribution in [0.4, 0.5) is 0 Å². The summed E-state index contributed by atoms with van der Waals surface area (Å²) in [4.78, 5) is 2.50. The zero-order valence-electron chi connectivity index (χ0n) is 14.1. The molecule has 0 radical (unpaired) electrons. The van der Waals surface area contributed by atoms with Crippen LogP contribution in [-0.2, 0) is 26.1 Å². The molecule has 0 amide bonds. The Labute approximate surface area is 142 Å². The molecule has 0 bridgehead atoms. The highest BCUT2D eigenvalue weighted by Crippen LogP contribution is 2.31. The van der Waals surface area contributed by atoms with Gasteiger partial charge in [0.2, 0.25) is 0 Å². The van der Waals surface area contributed by atoms with Gasteiger partial charge in [0.15, 0.2) is 5.76 Å². The molecule has 0 saturated heterocycles. The van der Waals surface area contributed by atoms with E-state index >= 15 is 0 Å². The lowest BCUT2D eigenvalue weighted by atomic mass is 10.0. The molecule has 24 heavy (non-hydrogen) atoms. The van der Waals surface area contributed by atoms with Crippen molar-refractivity contribution < 1.29 is 4.42 Å². The molecule has 0 fully saturated rings. The minimum atomic E-state index is 0.877. The van der Waals surface area contributed by atoms with E-state index in [-0.39, 0.29) is 0 Å². The van der Waals surface area contributed by atoms with Crippen LogP contribution < -0.4 is 0 Å². The van der Waals surface area contributed by atoms with Gasteiger partial charge in [-0.2, -0.15) is 5.10 Å². The SMILES string of the molecule is CCCn1nc(-c2ccco2)c2c1CCN(Cc1ccccc1)C2. The first kappa shape index (κ1) is 15.2. The van der Waals surface area contributed by atoms with E-state index in [9.17, 15) is 0 Å². The average Bonchev–Trinajstić information content (AvgIpc) is 3.24. The molecular formula is C20H23N3O. The van der Waals surface area contributed by atoms with Crippen molar-refractivity contribution in [3.63, 3.8) is 0 Å². The molecule has 0 N–H and O–H groups in total. The number of furan rings is 1. The summed E-state index contributed by atoms with van der Waals surface area (Å²) in [5, 5.41) is 4.86. The van der Waals surface area contributed by atoms with E-state index in [1.807, 2.05) is 12.1 Å². The van der Waals surface area contributed by atoms with E-state index in [4.69, 9.17) is 9.52 Å². The van der Waals surface area contributed by atoms with Gasteiger partial charge in [-0.3, -0.25) is 9.58 Å². The maximum atomic E-state index is 5.64. The number of rotatable bonds is 5. The lowest BCUT2D eigenvalue weighted by Gasteiger charge is -2.27. The summed E-state index contributed by atoms with van der Waals surface area (Å²) in [7, 11) is 0. The molecule has 0 aliphatic carbocycles. The molecule has 0 spiro atoms. The summed E-state index contributed by atoms with van der Waals surface area (Å²) in [5.74, 6) is 0.877. The zero-order valence-corrected chi connectivity index (χ0v) is 14.1. The summed E-state index contributed by atoms with van der Waals surface area (Å²) in [6, 6.07) is 14.6. The van der Waals surface area contributed by atoms with Crippen molar-refractivity contribution in [3.05, 3.63) is 65.5 Å². The number of aromatic nitrogens is 2. The highest BCUT2D eigenvalue weighted by atomic mass is 16.3. The van der Waals surface area contributed by atoms with Gasteiger partial charge in [0.25, 0.3) is 0 Å². The summed E-state index contributed by atoms with van der Waals surface area (Å²) < 4.78 is 7.82. The van der Waals surface area contributed by atoms with Gasteiger partial charge >= 0.3 is 0 Å². The van der Waals surface area contributed by atoms with Gasteiger partial charge in [-0.1, -0.05) is 37.3 Å². The Morgan fingerprint density at radius 1 is 1.12 bits per heavy atom. The van der Waals surface area contributed by atoms with Crippen LogP contribution in [0.25, 0.3) is 11.5 Å². The van der Waals surface area contributed by atoms with E-state index in [1.54, 1.807) is 6.26 Å². The Kier molecular flexibility index (Phi) is 4.22. The second kappa shape index (κ2) is 6.65. The van der Waals surface area contributed by atoms with E-state index in [1.165, 1.54) is 16.8 Å². The standard InChI is InChI=1S/C20H23N3O/c1-2-11-23-18-10-12-22(14-16-7-4-3-5-8-16)15-17(18)20(21-23)19-9-6-13-24-19/h3-9,13H,2,10-12,14-15H2,1H3. The third kappa shape index (κ3) is 2.89. The lowest BCUT2D eigenvalue weighted by molar-refractivity contribution is 0.242. The highest BCUT2D eigenvalue weighted by Gasteiger charge is 2.26. The summed E-state index contributed by atoms with van der Waals surface area (Å²) >= 11 is 0. The minimum Gasteiger partial charge on any atom is -0.463 e. The van der Waals surface area contributed by atoms with Crippen LogP contribution in [0.1, 0.15) is 30.2 Å². The molecule has 0 saturated carbocycles. The smallest absolute Gasteiger partial charge is 0.154 e. The molecule has 4 heteroatoms. The van der Waals surface area contributed by atoms with Crippen molar-refractivity contribution in [1.29, 1.82) is 0 Å². The van der Waals surface area contributed by atoms with Crippen molar-refractivity contribution >= 4 is 0 Å². The maximum absolute atomic E-state index is 5.64. The number of fused-ring (bicyclic) bond motifs is 1. The van der Waals surface area contributed by atoms with Gasteiger partial charge in [0.05, 0.1) is 6.26 Å². The molecule has 4 rings (SSSR count). The quantitative estimate of drug-likeness (QED) is 0.709. The summed E-state index contributed by atoms with van der Waals surface area (Å²) in [6.45, 7) is 6.17. The van der Waals surface area contributed by atoms with Gasteiger partial charge in [0, 0.05) is 43.9 Å². The predicted molar refractivity (Wildman–Crippen MR) is 94.5 cm³/mol. The second-order valence-corrected chi connectivity index (χ2v) is 6.42. The Morgan fingerprint density at radius 3 is 2.75 bits per heavy atom. The molecule has 0 unspecified atom stereocenters. The molecule has 3 heterocycles. The molecule has 1 aromatic carbocycles. The van der Waals surface area contributed by atoms with Gasteiger partial charge in [-0.15, -0.1) is 0 Å². The van der Waals surface area contributed by atoms with Crippen LogP contribution in [0.3, 0.4) is 0 Å². The topological polar surface area (TPSA) is 34.2 Å². The molecule has 3 aromatic rings. The van der Waals surface area contributed by atoms with E-state index in [2.05, 4.69) is 46.8 Å². The molecule has 2 aromatic heterocycles. The van der Waals surface area contributed by atoms with E-state index < -0.39 is 0 Å². The predicted octanol–water partition coefficient (Wildman–Crippen LogP) is 4.11. The molecule has 124 valence electrons. The second-order valence-electron chi connectivity index (χ2n) is 6.42. The largest absolute Gasteiger partial charge is 0.463 e. The first-order valence-electron chi connectivity index (χ1n) is 8.74. The fraction of sp³-hybridized carbons (Fsp3) is 0.350. The normalized spacial score (nSPS) is 14.7. The number of hydrogen-bond acceptors (Lipinski definition) is 3. The fourth-order valence-corrected chi connectivity index (χ4v) is 3.53. The van der Waals surface area contributed by atoms with Crippen molar-refractivity contribution in [2.75, 3.05) is 6.54 Å². The fourth-order valence-electron chi connectivity index (χ4n) is 3.53. The Balaban J connectivity index is 1.64. The van der Waals surface area contributed by atoms with Gasteiger partial charge in [-0.25, -0.2) is 0 Å². The van der Waals surface area contributed by atoms with Crippen molar-refractivity contribution in [2.45, 2.75) is 39.4 Å². The monoisotopic (exact) mass is 321 g/mol. The number of benzene rings is 1. The number of hydrogen-bond donors (Lipinski definition) is 0. The first-order chi connectivity index (χ1) is 11.8. The molecule has 1 aliphatic heterocycles. The van der Waals surface area contributed by atoms with Gasteiger partial charge < -0.3 is 4.42 Å².